The van der Waals surface area contributed by atoms with Gasteiger partial charge in [0.05, 0.1) is 6.54 Å². The van der Waals surface area contributed by atoms with Gasteiger partial charge in [-0.05, 0) is 24.4 Å². The zero-order valence-corrected chi connectivity index (χ0v) is 15.0. The van der Waals surface area contributed by atoms with Gasteiger partial charge in [0.25, 0.3) is 0 Å². The molecular formula is C19H29N3O2. The molecular weight excluding hydrogens is 302 g/mol. The molecule has 0 aliphatic carbocycles. The number of hydrogen-bond acceptors (Lipinski definition) is 3. The maximum atomic E-state index is 12.3. The molecule has 1 fully saturated rings. The van der Waals surface area contributed by atoms with Crippen molar-refractivity contribution in [2.75, 3.05) is 39.8 Å². The van der Waals surface area contributed by atoms with E-state index in [1.54, 1.807) is 0 Å². The molecule has 1 aromatic rings. The van der Waals surface area contributed by atoms with Gasteiger partial charge in [-0.15, -0.1) is 0 Å². The quantitative estimate of drug-likeness (QED) is 0.863. The average molecular weight is 331 g/mol. The first-order valence-corrected chi connectivity index (χ1v) is 8.75. The third kappa shape index (κ3) is 5.34. The fourth-order valence-electron chi connectivity index (χ4n) is 3.05. The second-order valence-electron chi connectivity index (χ2n) is 6.93. The van der Waals surface area contributed by atoms with Crippen LogP contribution in [0.1, 0.15) is 31.7 Å². The molecule has 0 bridgehead atoms. The van der Waals surface area contributed by atoms with Gasteiger partial charge in [0.2, 0.25) is 11.8 Å². The fraction of sp³-hybridized carbons (Fsp3) is 0.579. The van der Waals surface area contributed by atoms with Crippen molar-refractivity contribution in [2.45, 2.75) is 26.2 Å². The Morgan fingerprint density at radius 2 is 1.71 bits per heavy atom. The van der Waals surface area contributed by atoms with Gasteiger partial charge in [-0.2, -0.15) is 0 Å². The zero-order chi connectivity index (χ0) is 17.5. The molecule has 2 amide bonds. The van der Waals surface area contributed by atoms with E-state index in [-0.39, 0.29) is 24.3 Å². The number of hydrogen-bond donors (Lipinski definition) is 1. The van der Waals surface area contributed by atoms with E-state index in [4.69, 9.17) is 0 Å². The van der Waals surface area contributed by atoms with Crippen LogP contribution in [0.15, 0.2) is 30.3 Å². The summed E-state index contributed by atoms with van der Waals surface area (Å²) in [5.74, 6) is 0.494. The van der Waals surface area contributed by atoms with Crippen LogP contribution >= 0.6 is 0 Å². The molecule has 2 rings (SSSR count). The van der Waals surface area contributed by atoms with Crippen LogP contribution < -0.4 is 5.32 Å². The van der Waals surface area contributed by atoms with Gasteiger partial charge in [-0.1, -0.05) is 44.2 Å². The predicted molar refractivity (Wildman–Crippen MR) is 95.7 cm³/mol. The number of carbonyl (C=O) groups is 2. The summed E-state index contributed by atoms with van der Waals surface area (Å²) >= 11 is 0. The van der Waals surface area contributed by atoms with Crippen LogP contribution in [0.25, 0.3) is 0 Å². The molecule has 1 atom stereocenters. The summed E-state index contributed by atoms with van der Waals surface area (Å²) in [7, 11) is 2.05. The number of piperazine rings is 1. The minimum Gasteiger partial charge on any atom is -0.347 e. The molecule has 0 saturated carbocycles. The van der Waals surface area contributed by atoms with E-state index < -0.39 is 0 Å². The number of carbonyl (C=O) groups excluding carboxylic acids is 2. The highest BCUT2D eigenvalue weighted by Gasteiger charge is 2.22. The van der Waals surface area contributed by atoms with Crippen molar-refractivity contribution in [2.24, 2.45) is 5.92 Å². The highest BCUT2D eigenvalue weighted by molar-refractivity contribution is 5.85. The van der Waals surface area contributed by atoms with Gasteiger partial charge < -0.3 is 15.1 Å². The minimum atomic E-state index is -0.0555. The number of nitrogens with zero attached hydrogens (tertiary/aromatic N) is 2. The van der Waals surface area contributed by atoms with Crippen molar-refractivity contribution in [1.82, 2.24) is 15.1 Å². The molecule has 132 valence electrons. The Balaban J connectivity index is 1.82. The van der Waals surface area contributed by atoms with Gasteiger partial charge in [0.1, 0.15) is 0 Å². The molecule has 1 aliphatic rings. The molecule has 1 aromatic carbocycles. The maximum absolute atomic E-state index is 12.3. The van der Waals surface area contributed by atoms with Crippen LogP contribution in [0.5, 0.6) is 0 Å². The largest absolute Gasteiger partial charge is 0.347 e. The summed E-state index contributed by atoms with van der Waals surface area (Å²) in [6.45, 7) is 7.61. The molecule has 5 nitrogen and oxygen atoms in total. The standard InChI is InChI=1S/C19H29N3O2/c1-15(2)17(16-7-5-4-6-8-16)13-18(23)20-14-19(24)22-11-9-21(3)10-12-22/h4-8,15,17H,9-14H2,1-3H3,(H,20,23). The second kappa shape index (κ2) is 8.83. The monoisotopic (exact) mass is 331 g/mol. The second-order valence-corrected chi connectivity index (χ2v) is 6.93. The van der Waals surface area contributed by atoms with E-state index in [1.165, 1.54) is 5.56 Å². The SMILES string of the molecule is CC(C)C(CC(=O)NCC(=O)N1CCN(C)CC1)c1ccccc1. The van der Waals surface area contributed by atoms with Crippen LogP contribution in [0.3, 0.4) is 0 Å². The lowest BCUT2D eigenvalue weighted by Crippen LogP contribution is -2.50. The normalized spacial score (nSPS) is 16.9. The van der Waals surface area contributed by atoms with Crippen molar-refractivity contribution in [3.63, 3.8) is 0 Å². The number of nitrogens with one attached hydrogen (secondary N) is 1. The van der Waals surface area contributed by atoms with Crippen molar-refractivity contribution in [1.29, 1.82) is 0 Å². The summed E-state index contributed by atoms with van der Waals surface area (Å²) in [4.78, 5) is 28.5. The molecule has 5 heteroatoms. The minimum absolute atomic E-state index is 0.0114. The topological polar surface area (TPSA) is 52.7 Å². The summed E-state index contributed by atoms with van der Waals surface area (Å²) in [5, 5.41) is 2.80. The Labute approximate surface area is 145 Å². The third-order valence-electron chi connectivity index (χ3n) is 4.73. The van der Waals surface area contributed by atoms with Crippen LogP contribution in [-0.2, 0) is 9.59 Å². The Kier molecular flexibility index (Phi) is 6.79. The van der Waals surface area contributed by atoms with Gasteiger partial charge in [0.15, 0.2) is 0 Å². The average Bonchev–Trinajstić information content (AvgIpc) is 2.58. The first-order valence-electron chi connectivity index (χ1n) is 8.75. The van der Waals surface area contributed by atoms with E-state index in [0.717, 1.165) is 26.2 Å². The first kappa shape index (κ1) is 18.5. The summed E-state index contributed by atoms with van der Waals surface area (Å²) in [6.07, 6.45) is 0.414. The molecule has 0 aromatic heterocycles. The molecule has 0 spiro atoms. The van der Waals surface area contributed by atoms with Crippen molar-refractivity contribution >= 4 is 11.8 Å². The van der Waals surface area contributed by atoms with Crippen molar-refractivity contribution < 1.29 is 9.59 Å². The molecule has 24 heavy (non-hydrogen) atoms. The lowest BCUT2D eigenvalue weighted by molar-refractivity contribution is -0.134. The van der Waals surface area contributed by atoms with E-state index >= 15 is 0 Å². The molecule has 1 aliphatic heterocycles. The zero-order valence-electron chi connectivity index (χ0n) is 15.0. The van der Waals surface area contributed by atoms with Crippen molar-refractivity contribution in [3.8, 4) is 0 Å². The van der Waals surface area contributed by atoms with Crippen LogP contribution in [0, 0.1) is 5.92 Å². The third-order valence-corrected chi connectivity index (χ3v) is 4.73. The van der Waals surface area contributed by atoms with E-state index in [9.17, 15) is 9.59 Å². The van der Waals surface area contributed by atoms with Crippen LogP contribution in [-0.4, -0.2) is 61.4 Å². The van der Waals surface area contributed by atoms with Gasteiger partial charge in [0, 0.05) is 32.6 Å². The van der Waals surface area contributed by atoms with E-state index in [1.807, 2.05) is 23.1 Å². The number of benzene rings is 1. The fourth-order valence-corrected chi connectivity index (χ4v) is 3.05. The summed E-state index contributed by atoms with van der Waals surface area (Å²) in [5.41, 5.74) is 1.17. The van der Waals surface area contributed by atoms with Crippen LogP contribution in [0.2, 0.25) is 0 Å². The smallest absolute Gasteiger partial charge is 0.242 e. The predicted octanol–water partition coefficient (Wildman–Crippen LogP) is 1.71. The summed E-state index contributed by atoms with van der Waals surface area (Å²) in [6, 6.07) is 10.1. The Bertz CT molecular complexity index is 537. The van der Waals surface area contributed by atoms with E-state index in [0.29, 0.717) is 12.3 Å². The molecule has 0 radical (unpaired) electrons. The van der Waals surface area contributed by atoms with Crippen molar-refractivity contribution in [3.05, 3.63) is 35.9 Å². The van der Waals surface area contributed by atoms with E-state index in [2.05, 4.69) is 43.2 Å². The molecule has 1 N–H and O–H groups in total. The van der Waals surface area contributed by atoms with Gasteiger partial charge >= 0.3 is 0 Å². The Hall–Kier alpha value is -1.88. The molecule has 1 saturated heterocycles. The van der Waals surface area contributed by atoms with Crippen LogP contribution in [0.4, 0.5) is 0 Å². The number of rotatable bonds is 6. The summed E-state index contributed by atoms with van der Waals surface area (Å²) < 4.78 is 0. The Morgan fingerprint density at radius 1 is 1.08 bits per heavy atom. The lowest BCUT2D eigenvalue weighted by Gasteiger charge is -2.32. The van der Waals surface area contributed by atoms with Gasteiger partial charge in [-0.3, -0.25) is 9.59 Å². The number of likely N-dealkylation sites (N-methyl/N-ethyl adjacent to an activating group) is 1. The number of amides is 2. The molecule has 1 heterocycles. The highest BCUT2D eigenvalue weighted by Crippen LogP contribution is 2.27. The lowest BCUT2D eigenvalue weighted by atomic mass is 9.85. The van der Waals surface area contributed by atoms with Gasteiger partial charge in [-0.25, -0.2) is 0 Å². The first-order chi connectivity index (χ1) is 11.5. The molecule has 1 unspecified atom stereocenters. The maximum Gasteiger partial charge on any atom is 0.242 e. The Morgan fingerprint density at radius 3 is 2.29 bits per heavy atom. The highest BCUT2D eigenvalue weighted by atomic mass is 16.2.